The summed E-state index contributed by atoms with van der Waals surface area (Å²) in [5.41, 5.74) is 2.46. The quantitative estimate of drug-likeness (QED) is 0.351. The molecule has 8 nitrogen and oxygen atoms in total. The predicted molar refractivity (Wildman–Crippen MR) is 150 cm³/mol. The van der Waals surface area contributed by atoms with Crippen molar-refractivity contribution in [1.82, 2.24) is 20.5 Å². The molecule has 1 aliphatic heterocycles. The summed E-state index contributed by atoms with van der Waals surface area (Å²) in [6.45, 7) is 5.53. The van der Waals surface area contributed by atoms with E-state index in [1.807, 2.05) is 62.4 Å². The van der Waals surface area contributed by atoms with Gasteiger partial charge in [0.1, 0.15) is 11.6 Å². The number of Topliss-reactive ketones (excluding diaryl/α,β-unsaturated/α-hetero) is 1. The van der Waals surface area contributed by atoms with Crippen LogP contribution in [0, 0.1) is 5.92 Å². The van der Waals surface area contributed by atoms with Crippen molar-refractivity contribution in [3.8, 4) is 0 Å². The highest BCUT2D eigenvalue weighted by molar-refractivity contribution is 5.99. The highest BCUT2D eigenvalue weighted by Gasteiger charge is 2.30. The molecule has 2 amide bonds. The van der Waals surface area contributed by atoms with Gasteiger partial charge in [-0.2, -0.15) is 0 Å². The van der Waals surface area contributed by atoms with Crippen LogP contribution in [0.2, 0.25) is 0 Å². The molecule has 1 fully saturated rings. The smallest absolute Gasteiger partial charge is 0.287 e. The number of para-hydroxylation sites is 2. The van der Waals surface area contributed by atoms with Crippen molar-refractivity contribution in [1.29, 1.82) is 0 Å². The van der Waals surface area contributed by atoms with Gasteiger partial charge in [0.25, 0.3) is 5.91 Å². The summed E-state index contributed by atoms with van der Waals surface area (Å²) in [5.74, 6) is -0.522. The van der Waals surface area contributed by atoms with E-state index in [4.69, 9.17) is 9.40 Å². The van der Waals surface area contributed by atoms with Crippen LogP contribution in [0.3, 0.4) is 0 Å². The zero-order valence-electron chi connectivity index (χ0n) is 22.4. The van der Waals surface area contributed by atoms with Crippen LogP contribution in [0.1, 0.15) is 49.4 Å². The van der Waals surface area contributed by atoms with Gasteiger partial charge >= 0.3 is 0 Å². The third kappa shape index (κ3) is 6.52. The van der Waals surface area contributed by atoms with Gasteiger partial charge in [-0.3, -0.25) is 24.3 Å². The zero-order chi connectivity index (χ0) is 27.4. The molecule has 8 heteroatoms. The first-order valence-corrected chi connectivity index (χ1v) is 13.6. The molecule has 0 radical (unpaired) electrons. The Morgan fingerprint density at radius 2 is 1.82 bits per heavy atom. The van der Waals surface area contributed by atoms with Gasteiger partial charge in [0.15, 0.2) is 11.5 Å². The number of hydrogen-bond donors (Lipinski definition) is 2. The number of carbonyl (C=O) groups excluding carboxylic acids is 3. The molecule has 0 saturated carbocycles. The maximum Gasteiger partial charge on any atom is 0.287 e. The predicted octanol–water partition coefficient (Wildman–Crippen LogP) is 4.48. The maximum absolute atomic E-state index is 13.3. The zero-order valence-corrected chi connectivity index (χ0v) is 22.4. The Hall–Kier alpha value is -4.04. The number of nitrogens with one attached hydrogen (secondary N) is 2. The summed E-state index contributed by atoms with van der Waals surface area (Å²) in [4.78, 5) is 46.3. The number of rotatable bonds is 8. The molecule has 0 spiro atoms. The Morgan fingerprint density at radius 1 is 1.05 bits per heavy atom. The van der Waals surface area contributed by atoms with Gasteiger partial charge in [0.2, 0.25) is 5.91 Å². The average molecular weight is 527 g/mol. The Labute approximate surface area is 227 Å². The first kappa shape index (κ1) is 26.6. The number of carbonyl (C=O) groups is 3. The summed E-state index contributed by atoms with van der Waals surface area (Å²) in [6.07, 6.45) is 1.76. The second-order valence-corrected chi connectivity index (χ2v) is 10.7. The molecule has 202 valence electrons. The highest BCUT2D eigenvalue weighted by Crippen LogP contribution is 2.20. The number of benzene rings is 2. The second-order valence-electron chi connectivity index (χ2n) is 10.7. The van der Waals surface area contributed by atoms with Crippen molar-refractivity contribution >= 4 is 39.5 Å². The molecule has 5 rings (SSSR count). The number of hydrogen-bond acceptors (Lipinski definition) is 6. The fraction of sp³-hybridized carbons (Fsp3) is 0.355. The topological polar surface area (TPSA) is 105 Å². The van der Waals surface area contributed by atoms with Gasteiger partial charge in [0.05, 0.1) is 23.8 Å². The minimum atomic E-state index is -0.778. The van der Waals surface area contributed by atoms with Gasteiger partial charge in [-0.1, -0.05) is 56.3 Å². The van der Waals surface area contributed by atoms with Crippen LogP contribution in [0.15, 0.2) is 71.1 Å². The monoisotopic (exact) mass is 526 g/mol. The van der Waals surface area contributed by atoms with E-state index in [1.54, 1.807) is 12.1 Å². The van der Waals surface area contributed by atoms with Crippen molar-refractivity contribution in [2.75, 3.05) is 13.1 Å². The van der Waals surface area contributed by atoms with Crippen molar-refractivity contribution in [2.45, 2.75) is 51.7 Å². The Morgan fingerprint density at radius 3 is 2.62 bits per heavy atom. The van der Waals surface area contributed by atoms with Crippen LogP contribution in [0.4, 0.5) is 0 Å². The lowest BCUT2D eigenvalue weighted by Gasteiger charge is -2.23. The van der Waals surface area contributed by atoms with Crippen molar-refractivity contribution in [3.05, 3.63) is 78.2 Å². The normalized spacial score (nSPS) is 17.3. The molecule has 0 bridgehead atoms. The van der Waals surface area contributed by atoms with Crippen LogP contribution in [0.5, 0.6) is 0 Å². The Bertz CT molecular complexity index is 1460. The fourth-order valence-electron chi connectivity index (χ4n) is 5.10. The highest BCUT2D eigenvalue weighted by atomic mass is 16.3. The molecule has 1 unspecified atom stereocenters. The van der Waals surface area contributed by atoms with Gasteiger partial charge in [-0.25, -0.2) is 0 Å². The summed E-state index contributed by atoms with van der Waals surface area (Å²) < 4.78 is 5.67. The number of furan rings is 1. The van der Waals surface area contributed by atoms with Crippen LogP contribution in [0.25, 0.3) is 21.9 Å². The fourth-order valence-corrected chi connectivity index (χ4v) is 5.10. The van der Waals surface area contributed by atoms with E-state index in [-0.39, 0.29) is 29.9 Å². The largest absolute Gasteiger partial charge is 0.451 e. The van der Waals surface area contributed by atoms with E-state index in [0.29, 0.717) is 25.0 Å². The number of nitrogens with zero attached hydrogens (tertiary/aromatic N) is 2. The minimum Gasteiger partial charge on any atom is -0.451 e. The Balaban J connectivity index is 1.21. The van der Waals surface area contributed by atoms with E-state index in [0.717, 1.165) is 34.9 Å². The molecule has 2 atom stereocenters. The van der Waals surface area contributed by atoms with Crippen LogP contribution in [-0.4, -0.2) is 52.7 Å². The molecular weight excluding hydrogens is 492 g/mol. The third-order valence-electron chi connectivity index (χ3n) is 7.07. The number of ketones is 1. The summed E-state index contributed by atoms with van der Waals surface area (Å²) >= 11 is 0. The number of aromatic nitrogens is 1. The molecule has 1 saturated heterocycles. The number of likely N-dealkylation sites (tertiary alicyclic amines) is 1. The number of fused-ring (bicyclic) bond motifs is 2. The average Bonchev–Trinajstić information content (AvgIpc) is 3.28. The standard InChI is InChI=1S/C31H34N4O4/c1-20(2)16-26(34-31(38)29-17-22-9-4-6-12-28(22)39-29)30(37)33-25-11-7-15-35(19-27(25)36)18-23-14-13-21-8-3-5-10-24(21)32-23/h3-6,8-10,12-14,17,20,25-26H,7,11,15-16,18-19H2,1-2H3,(H,33,37)(H,34,38)/t25-,26?/m0/s1. The SMILES string of the molecule is CC(C)CC(NC(=O)c1cc2ccccc2o1)C(=O)N[C@H]1CCCN(Cc2ccc3ccccc3n2)CC1=O. The maximum atomic E-state index is 13.3. The molecule has 0 aliphatic carbocycles. The van der Waals surface area contributed by atoms with Crippen LogP contribution < -0.4 is 10.6 Å². The van der Waals surface area contributed by atoms with Crippen molar-refractivity contribution < 1.29 is 18.8 Å². The lowest BCUT2D eigenvalue weighted by Crippen LogP contribution is -2.52. The van der Waals surface area contributed by atoms with Crippen molar-refractivity contribution in [2.24, 2.45) is 5.92 Å². The van der Waals surface area contributed by atoms with E-state index in [2.05, 4.69) is 21.6 Å². The van der Waals surface area contributed by atoms with Gasteiger partial charge in [0, 0.05) is 17.3 Å². The molecule has 2 N–H and O–H groups in total. The van der Waals surface area contributed by atoms with Crippen LogP contribution >= 0.6 is 0 Å². The van der Waals surface area contributed by atoms with E-state index in [9.17, 15) is 14.4 Å². The lowest BCUT2D eigenvalue weighted by atomic mass is 10.0. The van der Waals surface area contributed by atoms with E-state index >= 15 is 0 Å². The molecule has 1 aliphatic rings. The minimum absolute atomic E-state index is 0.0338. The summed E-state index contributed by atoms with van der Waals surface area (Å²) in [5, 5.41) is 7.66. The first-order chi connectivity index (χ1) is 18.9. The third-order valence-corrected chi connectivity index (χ3v) is 7.07. The lowest BCUT2D eigenvalue weighted by molar-refractivity contribution is -0.129. The summed E-state index contributed by atoms with van der Waals surface area (Å²) in [6, 6.07) is 19.7. The molecular formula is C31H34N4O4. The second kappa shape index (κ2) is 11.8. The molecule has 2 aromatic heterocycles. The summed E-state index contributed by atoms with van der Waals surface area (Å²) in [7, 11) is 0. The van der Waals surface area contributed by atoms with Gasteiger partial charge in [-0.15, -0.1) is 0 Å². The van der Waals surface area contributed by atoms with Crippen molar-refractivity contribution in [3.63, 3.8) is 0 Å². The molecule has 39 heavy (non-hydrogen) atoms. The number of amides is 2. The molecule has 4 aromatic rings. The van der Waals surface area contributed by atoms with Crippen LogP contribution in [-0.2, 0) is 16.1 Å². The number of pyridine rings is 1. The molecule has 3 heterocycles. The van der Waals surface area contributed by atoms with E-state index < -0.39 is 18.0 Å². The van der Waals surface area contributed by atoms with E-state index in [1.165, 1.54) is 0 Å². The first-order valence-electron chi connectivity index (χ1n) is 13.6. The Kier molecular flexibility index (Phi) is 8.02. The molecule has 2 aromatic carbocycles. The van der Waals surface area contributed by atoms with Gasteiger partial charge in [-0.05, 0) is 56.0 Å². The van der Waals surface area contributed by atoms with Gasteiger partial charge < -0.3 is 15.1 Å².